The number of aliphatic hydroxyl groups is 1. The van der Waals surface area contributed by atoms with Gasteiger partial charge in [-0.2, -0.15) is 0 Å². The molecule has 0 fully saturated rings. The lowest BCUT2D eigenvalue weighted by atomic mass is 10.1. The van der Waals surface area contributed by atoms with E-state index in [4.69, 9.17) is 10.8 Å². The smallest absolute Gasteiger partial charge is 0.225 e. The van der Waals surface area contributed by atoms with Gasteiger partial charge < -0.3 is 16.2 Å². The molecule has 1 unspecified atom stereocenters. The lowest BCUT2D eigenvalue weighted by Crippen LogP contribution is -2.23. The van der Waals surface area contributed by atoms with Gasteiger partial charge in [0.05, 0.1) is 0 Å². The van der Waals surface area contributed by atoms with Crippen LogP contribution in [0.1, 0.15) is 25.3 Å². The Morgan fingerprint density at radius 1 is 1.53 bits per heavy atom. The predicted octanol–water partition coefficient (Wildman–Crippen LogP) is 1.29. The van der Waals surface area contributed by atoms with Gasteiger partial charge in [-0.15, -0.1) is 0 Å². The van der Waals surface area contributed by atoms with E-state index in [-0.39, 0.29) is 18.6 Å². The van der Waals surface area contributed by atoms with Gasteiger partial charge in [-0.3, -0.25) is 4.79 Å². The number of carbonyl (C=O) groups is 1. The molecule has 1 rings (SSSR count). The molecule has 4 nitrogen and oxygen atoms in total. The minimum Gasteiger partial charge on any atom is -0.396 e. The molecule has 0 spiro atoms. The molecule has 1 aromatic rings. The number of hydrogen-bond donors (Lipinski definition) is 3. The molecule has 0 bridgehead atoms. The number of hydrogen-bond acceptors (Lipinski definition) is 3. The van der Waals surface area contributed by atoms with Gasteiger partial charge in [-0.1, -0.05) is 12.1 Å². The number of aliphatic hydroxyl groups excluding tert-OH is 1. The minimum absolute atomic E-state index is 0.0701. The minimum atomic E-state index is -0.132. The molecule has 4 N–H and O–H groups in total. The third-order valence-corrected chi connectivity index (χ3v) is 2.34. The first kappa shape index (κ1) is 13.7. The van der Waals surface area contributed by atoms with Crippen LogP contribution in [0.3, 0.4) is 0 Å². The van der Waals surface area contributed by atoms with Crippen LogP contribution < -0.4 is 11.1 Å². The van der Waals surface area contributed by atoms with E-state index in [0.29, 0.717) is 6.42 Å². The highest BCUT2D eigenvalue weighted by atomic mass is 16.2. The molecule has 17 heavy (non-hydrogen) atoms. The molecule has 1 amide bonds. The lowest BCUT2D eigenvalue weighted by molar-refractivity contribution is -0.116. The summed E-state index contributed by atoms with van der Waals surface area (Å²) in [5.74, 6) is -0.0701. The number of nitrogens with one attached hydrogen (secondary N) is 1. The number of anilines is 1. The molecule has 0 saturated heterocycles. The van der Waals surface area contributed by atoms with Crippen molar-refractivity contribution in [2.45, 2.75) is 32.2 Å². The molecule has 0 heterocycles. The summed E-state index contributed by atoms with van der Waals surface area (Å²) in [6.45, 7) is 1.98. The Kier molecular flexibility index (Phi) is 5.66. The van der Waals surface area contributed by atoms with E-state index >= 15 is 0 Å². The molecule has 0 aliphatic rings. The van der Waals surface area contributed by atoms with Gasteiger partial charge in [0, 0.05) is 24.8 Å². The zero-order chi connectivity index (χ0) is 12.7. The van der Waals surface area contributed by atoms with Gasteiger partial charge in [0.1, 0.15) is 0 Å². The number of aryl methyl sites for hydroxylation is 1. The maximum atomic E-state index is 11.5. The van der Waals surface area contributed by atoms with E-state index in [2.05, 4.69) is 5.32 Å². The molecule has 0 aliphatic carbocycles. The lowest BCUT2D eigenvalue weighted by Gasteiger charge is -2.08. The number of carbonyl (C=O) groups excluding carboxylic acids is 1. The Morgan fingerprint density at radius 3 is 2.94 bits per heavy atom. The van der Waals surface area contributed by atoms with Crippen LogP contribution in [0.4, 0.5) is 5.69 Å². The monoisotopic (exact) mass is 236 g/mol. The first-order chi connectivity index (χ1) is 8.11. The van der Waals surface area contributed by atoms with E-state index in [0.717, 1.165) is 24.1 Å². The molecule has 4 heteroatoms. The second-order valence-corrected chi connectivity index (χ2v) is 4.26. The number of benzene rings is 1. The maximum absolute atomic E-state index is 11.5. The first-order valence-electron chi connectivity index (χ1n) is 5.87. The molecular weight excluding hydrogens is 216 g/mol. The normalized spacial score (nSPS) is 12.2. The van der Waals surface area contributed by atoms with Crippen LogP contribution in [0.25, 0.3) is 0 Å². The first-order valence-corrected chi connectivity index (χ1v) is 5.87. The quantitative estimate of drug-likeness (QED) is 0.696. The standard InChI is InChI=1S/C13H20N2O2/c1-10(14)8-13(17)15-12-6-2-4-11(9-12)5-3-7-16/h2,4,6,9-10,16H,3,5,7-8,14H2,1H3,(H,15,17). The number of amides is 1. The van der Waals surface area contributed by atoms with Crippen molar-refractivity contribution in [2.24, 2.45) is 5.73 Å². The van der Waals surface area contributed by atoms with E-state index < -0.39 is 0 Å². The molecule has 1 atom stereocenters. The summed E-state index contributed by atoms with van der Waals surface area (Å²) in [4.78, 5) is 11.5. The van der Waals surface area contributed by atoms with Gasteiger partial charge in [-0.25, -0.2) is 0 Å². The summed E-state index contributed by atoms with van der Waals surface area (Å²) in [5.41, 5.74) is 7.45. The van der Waals surface area contributed by atoms with E-state index in [1.54, 1.807) is 6.92 Å². The van der Waals surface area contributed by atoms with Gasteiger partial charge in [-0.05, 0) is 37.5 Å². The topological polar surface area (TPSA) is 75.4 Å². The van der Waals surface area contributed by atoms with Crippen LogP contribution in [0, 0.1) is 0 Å². The van der Waals surface area contributed by atoms with Crippen molar-refractivity contribution in [2.75, 3.05) is 11.9 Å². The zero-order valence-corrected chi connectivity index (χ0v) is 10.1. The fraction of sp³-hybridized carbons (Fsp3) is 0.462. The Balaban J connectivity index is 2.56. The molecule has 0 radical (unpaired) electrons. The Bertz CT molecular complexity index is 364. The van der Waals surface area contributed by atoms with Crippen molar-refractivity contribution in [3.63, 3.8) is 0 Å². The molecule has 1 aromatic carbocycles. The van der Waals surface area contributed by atoms with Crippen LogP contribution in [-0.4, -0.2) is 23.7 Å². The molecular formula is C13H20N2O2. The van der Waals surface area contributed by atoms with Crippen molar-refractivity contribution in [1.29, 1.82) is 0 Å². The van der Waals surface area contributed by atoms with Crippen molar-refractivity contribution in [3.05, 3.63) is 29.8 Å². The van der Waals surface area contributed by atoms with E-state index in [1.165, 1.54) is 0 Å². The van der Waals surface area contributed by atoms with Gasteiger partial charge in [0.25, 0.3) is 0 Å². The summed E-state index contributed by atoms with van der Waals surface area (Å²) in [6, 6.07) is 7.52. The van der Waals surface area contributed by atoms with Crippen LogP contribution in [0.2, 0.25) is 0 Å². The van der Waals surface area contributed by atoms with E-state index in [9.17, 15) is 4.79 Å². The zero-order valence-electron chi connectivity index (χ0n) is 10.1. The highest BCUT2D eigenvalue weighted by Gasteiger charge is 2.05. The Morgan fingerprint density at radius 2 is 2.29 bits per heavy atom. The van der Waals surface area contributed by atoms with Gasteiger partial charge in [0.2, 0.25) is 5.91 Å². The van der Waals surface area contributed by atoms with Crippen molar-refractivity contribution in [1.82, 2.24) is 0 Å². The van der Waals surface area contributed by atoms with Crippen LogP contribution in [0.5, 0.6) is 0 Å². The third kappa shape index (κ3) is 5.47. The number of rotatable bonds is 6. The van der Waals surface area contributed by atoms with Crippen LogP contribution >= 0.6 is 0 Å². The largest absolute Gasteiger partial charge is 0.396 e. The van der Waals surface area contributed by atoms with Gasteiger partial charge >= 0.3 is 0 Å². The van der Waals surface area contributed by atoms with Crippen molar-refractivity contribution in [3.8, 4) is 0 Å². The average Bonchev–Trinajstić information content (AvgIpc) is 2.25. The molecule has 94 valence electrons. The SMILES string of the molecule is CC(N)CC(=O)Nc1cccc(CCCO)c1. The summed E-state index contributed by atoms with van der Waals surface area (Å²) >= 11 is 0. The third-order valence-electron chi connectivity index (χ3n) is 2.34. The Hall–Kier alpha value is -1.39. The van der Waals surface area contributed by atoms with Crippen molar-refractivity contribution < 1.29 is 9.90 Å². The van der Waals surface area contributed by atoms with Crippen molar-refractivity contribution >= 4 is 11.6 Å². The highest BCUT2D eigenvalue weighted by molar-refractivity contribution is 5.91. The second-order valence-electron chi connectivity index (χ2n) is 4.26. The number of nitrogens with two attached hydrogens (primary N) is 1. The van der Waals surface area contributed by atoms with Gasteiger partial charge in [0.15, 0.2) is 0 Å². The fourth-order valence-corrected chi connectivity index (χ4v) is 1.59. The average molecular weight is 236 g/mol. The molecule has 0 aromatic heterocycles. The van der Waals surface area contributed by atoms with E-state index in [1.807, 2.05) is 24.3 Å². The summed E-state index contributed by atoms with van der Waals surface area (Å²) in [5, 5.41) is 11.6. The summed E-state index contributed by atoms with van der Waals surface area (Å²) in [7, 11) is 0. The molecule has 0 aliphatic heterocycles. The maximum Gasteiger partial charge on any atom is 0.225 e. The summed E-state index contributed by atoms with van der Waals surface area (Å²) < 4.78 is 0. The van der Waals surface area contributed by atoms with Crippen LogP contribution in [0.15, 0.2) is 24.3 Å². The second kappa shape index (κ2) is 7.04. The highest BCUT2D eigenvalue weighted by Crippen LogP contribution is 2.12. The van der Waals surface area contributed by atoms with Crippen LogP contribution in [-0.2, 0) is 11.2 Å². The fourth-order valence-electron chi connectivity index (χ4n) is 1.59. The summed E-state index contributed by atoms with van der Waals surface area (Å²) in [6.07, 6.45) is 1.87. The predicted molar refractivity (Wildman–Crippen MR) is 68.7 cm³/mol. The molecule has 0 saturated carbocycles. The Labute approximate surface area is 102 Å².